The fourth-order valence-corrected chi connectivity index (χ4v) is 3.38. The van der Waals surface area contributed by atoms with Gasteiger partial charge in [-0.15, -0.1) is 0 Å². The van der Waals surface area contributed by atoms with Gasteiger partial charge in [-0.3, -0.25) is 20.2 Å². The van der Waals surface area contributed by atoms with Crippen LogP contribution >= 0.6 is 0 Å². The third kappa shape index (κ3) is 3.93. The number of imide groups is 1. The van der Waals surface area contributed by atoms with Crippen molar-refractivity contribution in [2.75, 3.05) is 5.32 Å². The van der Waals surface area contributed by atoms with Gasteiger partial charge in [0.15, 0.2) is 5.88 Å². The summed E-state index contributed by atoms with van der Waals surface area (Å²) in [7, 11) is 0. The highest BCUT2D eigenvalue weighted by atomic mass is 19.1. The number of hydrogen-bond donors (Lipinski definition) is 4. The molecule has 1 aromatic carbocycles. The van der Waals surface area contributed by atoms with Gasteiger partial charge in [-0.2, -0.15) is 0 Å². The molecule has 1 atom stereocenters. The van der Waals surface area contributed by atoms with Crippen LogP contribution in [0, 0.1) is 5.82 Å². The highest BCUT2D eigenvalue weighted by molar-refractivity contribution is 6.00. The average Bonchev–Trinajstić information content (AvgIpc) is 3.02. The van der Waals surface area contributed by atoms with Gasteiger partial charge in [-0.1, -0.05) is 6.07 Å². The lowest BCUT2D eigenvalue weighted by Gasteiger charge is -2.22. The van der Waals surface area contributed by atoms with Crippen molar-refractivity contribution in [1.82, 2.24) is 20.2 Å². The molecular formula is C20H18FN5O4. The number of amides is 4. The van der Waals surface area contributed by atoms with Crippen molar-refractivity contribution in [2.45, 2.75) is 25.4 Å². The van der Waals surface area contributed by atoms with E-state index in [1.54, 1.807) is 24.4 Å². The van der Waals surface area contributed by atoms with Crippen molar-refractivity contribution in [3.05, 3.63) is 54.1 Å². The first-order valence-electron chi connectivity index (χ1n) is 9.23. The molecule has 3 heterocycles. The van der Waals surface area contributed by atoms with Crippen molar-refractivity contribution < 1.29 is 23.9 Å². The Balaban J connectivity index is 1.46. The zero-order chi connectivity index (χ0) is 21.3. The molecule has 0 aliphatic carbocycles. The number of hydrogen-bond acceptors (Lipinski definition) is 5. The molecule has 4 rings (SSSR count). The van der Waals surface area contributed by atoms with Crippen LogP contribution in [0.15, 0.2) is 42.7 Å². The Morgan fingerprint density at radius 1 is 1.30 bits per heavy atom. The van der Waals surface area contributed by atoms with E-state index >= 15 is 0 Å². The van der Waals surface area contributed by atoms with Crippen LogP contribution < -0.4 is 16.0 Å². The number of nitrogens with zero attached hydrogens (tertiary/aromatic N) is 2. The number of piperidine rings is 1. The van der Waals surface area contributed by atoms with E-state index in [9.17, 15) is 23.9 Å². The minimum Gasteiger partial charge on any atom is -0.494 e. The van der Waals surface area contributed by atoms with E-state index < -0.39 is 23.8 Å². The third-order valence-corrected chi connectivity index (χ3v) is 4.84. The Morgan fingerprint density at radius 2 is 2.13 bits per heavy atom. The van der Waals surface area contributed by atoms with Crippen molar-refractivity contribution in [1.29, 1.82) is 0 Å². The van der Waals surface area contributed by atoms with Crippen LogP contribution in [0.25, 0.3) is 10.8 Å². The van der Waals surface area contributed by atoms with Crippen LogP contribution in [-0.4, -0.2) is 32.5 Å². The highest BCUT2D eigenvalue weighted by Crippen LogP contribution is 2.33. The number of carbonyl (C=O) groups is 3. The van der Waals surface area contributed by atoms with Crippen LogP contribution in [0.3, 0.4) is 0 Å². The van der Waals surface area contributed by atoms with Gasteiger partial charge in [-0.05, 0) is 30.2 Å². The Hall–Kier alpha value is -3.95. The molecule has 0 saturated carbocycles. The Morgan fingerprint density at radius 3 is 2.90 bits per heavy atom. The van der Waals surface area contributed by atoms with Crippen LogP contribution in [0.4, 0.5) is 15.0 Å². The number of halogens is 1. The lowest BCUT2D eigenvalue weighted by Crippen LogP contribution is -2.41. The SMILES string of the molecule is O=C1CCC(n2cc3cc(CNC(=O)Nc4cc(F)ccn4)ccc3c2O)C(=O)N1. The minimum absolute atomic E-state index is 0.0612. The van der Waals surface area contributed by atoms with E-state index in [0.29, 0.717) is 17.2 Å². The van der Waals surface area contributed by atoms with Gasteiger partial charge in [0, 0.05) is 42.2 Å². The second-order valence-corrected chi connectivity index (χ2v) is 6.92. The zero-order valence-corrected chi connectivity index (χ0v) is 15.7. The smallest absolute Gasteiger partial charge is 0.320 e. The molecule has 10 heteroatoms. The molecule has 1 unspecified atom stereocenters. The molecule has 0 radical (unpaired) electrons. The Labute approximate surface area is 169 Å². The largest absolute Gasteiger partial charge is 0.494 e. The second kappa shape index (κ2) is 7.82. The topological polar surface area (TPSA) is 125 Å². The minimum atomic E-state index is -0.666. The second-order valence-electron chi connectivity index (χ2n) is 6.92. The van der Waals surface area contributed by atoms with Crippen LogP contribution in [0.1, 0.15) is 24.4 Å². The standard InChI is InChI=1S/C20H18FN5O4/c21-13-5-6-22-16(8-13)24-20(30)23-9-11-1-2-14-12(7-11)10-26(19(14)29)15-3-4-17(27)25-18(15)28/h1-2,5-8,10,15,29H,3-4,9H2,(H,25,27,28)(H2,22,23,24,30). The summed E-state index contributed by atoms with van der Waals surface area (Å²) in [5.74, 6) is -1.26. The summed E-state index contributed by atoms with van der Waals surface area (Å²) in [5.41, 5.74) is 0.755. The zero-order valence-electron chi connectivity index (χ0n) is 15.7. The van der Waals surface area contributed by atoms with E-state index in [1.807, 2.05) is 0 Å². The van der Waals surface area contributed by atoms with Gasteiger partial charge in [0.2, 0.25) is 11.8 Å². The van der Waals surface area contributed by atoms with Gasteiger partial charge in [-0.25, -0.2) is 14.2 Å². The molecule has 1 aliphatic rings. The first kappa shape index (κ1) is 19.4. The molecular weight excluding hydrogens is 393 g/mol. The molecule has 1 saturated heterocycles. The van der Waals surface area contributed by atoms with Gasteiger partial charge >= 0.3 is 6.03 Å². The summed E-state index contributed by atoms with van der Waals surface area (Å²) in [6.07, 6.45) is 3.40. The van der Waals surface area contributed by atoms with Crippen LogP contribution in [-0.2, 0) is 16.1 Å². The van der Waals surface area contributed by atoms with Gasteiger partial charge in [0.25, 0.3) is 0 Å². The van der Waals surface area contributed by atoms with E-state index in [4.69, 9.17) is 0 Å². The molecule has 154 valence electrons. The average molecular weight is 411 g/mol. The number of anilines is 1. The summed E-state index contributed by atoms with van der Waals surface area (Å²) in [4.78, 5) is 39.3. The number of aromatic hydroxyl groups is 1. The summed E-state index contributed by atoms with van der Waals surface area (Å²) in [6.45, 7) is 0.182. The molecule has 1 fully saturated rings. The molecule has 4 amide bonds. The predicted molar refractivity (Wildman–Crippen MR) is 105 cm³/mol. The summed E-state index contributed by atoms with van der Waals surface area (Å²) in [6, 6.07) is 6.27. The first-order chi connectivity index (χ1) is 14.4. The van der Waals surface area contributed by atoms with Crippen molar-refractivity contribution in [3.8, 4) is 5.88 Å². The van der Waals surface area contributed by atoms with Gasteiger partial charge in [0.1, 0.15) is 17.7 Å². The number of urea groups is 1. The van der Waals surface area contributed by atoms with Crippen LogP contribution in [0.2, 0.25) is 0 Å². The molecule has 0 bridgehead atoms. The van der Waals surface area contributed by atoms with E-state index in [2.05, 4.69) is 20.9 Å². The predicted octanol–water partition coefficient (Wildman–Crippen LogP) is 2.18. The van der Waals surface area contributed by atoms with Crippen LogP contribution in [0.5, 0.6) is 5.88 Å². The lowest BCUT2D eigenvalue weighted by atomic mass is 10.1. The number of fused-ring (bicyclic) bond motifs is 1. The third-order valence-electron chi connectivity index (χ3n) is 4.84. The molecule has 3 aromatic rings. The maximum absolute atomic E-state index is 13.2. The number of rotatable bonds is 4. The monoisotopic (exact) mass is 411 g/mol. The van der Waals surface area contributed by atoms with Crippen molar-refractivity contribution in [2.24, 2.45) is 0 Å². The van der Waals surface area contributed by atoms with E-state index in [-0.39, 0.29) is 30.6 Å². The van der Waals surface area contributed by atoms with Gasteiger partial charge < -0.3 is 15.0 Å². The normalized spacial score (nSPS) is 16.4. The maximum Gasteiger partial charge on any atom is 0.320 e. The fourth-order valence-electron chi connectivity index (χ4n) is 3.38. The molecule has 0 spiro atoms. The Bertz CT molecular complexity index is 1160. The van der Waals surface area contributed by atoms with E-state index in [1.165, 1.54) is 16.8 Å². The van der Waals surface area contributed by atoms with Crippen molar-refractivity contribution in [3.63, 3.8) is 0 Å². The fraction of sp³-hybridized carbons (Fsp3) is 0.200. The van der Waals surface area contributed by atoms with Gasteiger partial charge in [0.05, 0.1) is 0 Å². The molecule has 2 aromatic heterocycles. The molecule has 30 heavy (non-hydrogen) atoms. The maximum atomic E-state index is 13.2. The van der Waals surface area contributed by atoms with Crippen molar-refractivity contribution >= 4 is 34.4 Å². The number of carbonyl (C=O) groups excluding carboxylic acids is 3. The first-order valence-corrected chi connectivity index (χ1v) is 9.23. The lowest BCUT2D eigenvalue weighted by molar-refractivity contribution is -0.135. The molecule has 1 aliphatic heterocycles. The number of pyridine rings is 1. The number of nitrogens with one attached hydrogen (secondary N) is 3. The van der Waals surface area contributed by atoms with E-state index in [0.717, 1.165) is 11.6 Å². The number of aromatic nitrogens is 2. The number of benzene rings is 1. The molecule has 4 N–H and O–H groups in total. The summed E-state index contributed by atoms with van der Waals surface area (Å²) in [5, 5.41) is 19.1. The quantitative estimate of drug-likeness (QED) is 0.490. The Kier molecular flexibility index (Phi) is 5.05. The highest BCUT2D eigenvalue weighted by Gasteiger charge is 2.30. The summed E-state index contributed by atoms with van der Waals surface area (Å²) >= 11 is 0. The summed E-state index contributed by atoms with van der Waals surface area (Å²) < 4.78 is 14.6. The molecule has 9 nitrogen and oxygen atoms in total.